The van der Waals surface area contributed by atoms with Crippen LogP contribution in [0.5, 0.6) is 11.5 Å². The predicted octanol–water partition coefficient (Wildman–Crippen LogP) is 2.67. The zero-order valence-corrected chi connectivity index (χ0v) is 19.0. The van der Waals surface area contributed by atoms with Crippen LogP contribution in [0, 0.1) is 0 Å². The maximum absolute atomic E-state index is 12.9. The number of methoxy groups -OCH3 is 3. The van der Waals surface area contributed by atoms with Crippen LogP contribution in [-0.4, -0.2) is 54.4 Å². The maximum atomic E-state index is 12.9. The summed E-state index contributed by atoms with van der Waals surface area (Å²) in [6.07, 6.45) is 0.751. The van der Waals surface area contributed by atoms with Gasteiger partial charge in [-0.05, 0) is 12.1 Å². The number of thioether (sulfide) groups is 2. The summed E-state index contributed by atoms with van der Waals surface area (Å²) in [5.74, 6) is 1.01. The van der Waals surface area contributed by atoms with Gasteiger partial charge in [0.15, 0.2) is 5.16 Å². The third-order valence-electron chi connectivity index (χ3n) is 4.49. The van der Waals surface area contributed by atoms with E-state index in [1.165, 1.54) is 18.9 Å². The Morgan fingerprint density at radius 3 is 2.83 bits per heavy atom. The van der Waals surface area contributed by atoms with E-state index >= 15 is 0 Å². The van der Waals surface area contributed by atoms with Crippen LogP contribution in [0.25, 0.3) is 0 Å². The smallest absolute Gasteiger partial charge is 0.268 e. The lowest BCUT2D eigenvalue weighted by atomic mass is 10.2. The second kappa shape index (κ2) is 10.2. The molecule has 1 aromatic heterocycles. The van der Waals surface area contributed by atoms with E-state index in [-0.39, 0.29) is 17.2 Å². The van der Waals surface area contributed by atoms with Gasteiger partial charge in [0.1, 0.15) is 11.5 Å². The number of nitrogens with zero attached hydrogens (tertiary/aromatic N) is 2. The topological polar surface area (TPSA) is 91.7 Å². The molecule has 0 fully saturated rings. The molecule has 0 aliphatic carbocycles. The lowest BCUT2D eigenvalue weighted by molar-refractivity contribution is -0.113. The summed E-state index contributed by atoms with van der Waals surface area (Å²) >= 11 is 2.79. The van der Waals surface area contributed by atoms with Crippen molar-refractivity contribution in [1.29, 1.82) is 0 Å². The van der Waals surface area contributed by atoms with Gasteiger partial charge in [-0.2, -0.15) is 0 Å². The molecular weight excluding hydrogens is 426 g/mol. The highest BCUT2D eigenvalue weighted by Gasteiger charge is 2.26. The zero-order chi connectivity index (χ0) is 21.7. The Morgan fingerprint density at radius 1 is 1.33 bits per heavy atom. The SMILES string of the molecule is COCCn1c(SCC(=O)Nc2cc(OC)ccc2OC)nc2c(c1=O)S[C@@H](C)C2. The largest absolute Gasteiger partial charge is 0.497 e. The van der Waals surface area contributed by atoms with Crippen LogP contribution in [0.1, 0.15) is 12.6 Å². The number of carbonyl (C=O) groups excluding carboxylic acids is 1. The molecule has 2 aromatic rings. The molecule has 0 radical (unpaired) electrons. The number of ether oxygens (including phenoxy) is 3. The molecule has 1 N–H and O–H groups in total. The first-order valence-corrected chi connectivity index (χ1v) is 11.3. The molecule has 1 atom stereocenters. The first-order valence-electron chi connectivity index (χ1n) is 9.40. The Labute approximate surface area is 183 Å². The van der Waals surface area contributed by atoms with E-state index in [1.807, 2.05) is 0 Å². The molecule has 0 saturated heterocycles. The predicted molar refractivity (Wildman–Crippen MR) is 118 cm³/mol. The van der Waals surface area contributed by atoms with Gasteiger partial charge in [-0.25, -0.2) is 4.98 Å². The highest BCUT2D eigenvalue weighted by Crippen LogP contribution is 2.34. The number of aromatic nitrogens is 2. The first kappa shape index (κ1) is 22.5. The Hall–Kier alpha value is -2.17. The molecule has 1 aliphatic rings. The van der Waals surface area contributed by atoms with Gasteiger partial charge in [0.2, 0.25) is 5.91 Å². The van der Waals surface area contributed by atoms with Crippen molar-refractivity contribution in [2.75, 3.05) is 39.0 Å². The van der Waals surface area contributed by atoms with Crippen LogP contribution in [0.4, 0.5) is 5.69 Å². The van der Waals surface area contributed by atoms with Gasteiger partial charge in [-0.15, -0.1) is 11.8 Å². The quantitative estimate of drug-likeness (QED) is 0.460. The third-order valence-corrected chi connectivity index (χ3v) is 6.69. The van der Waals surface area contributed by atoms with Gasteiger partial charge in [0.05, 0.1) is 49.4 Å². The standard InChI is InChI=1S/C20H25N3O5S2/c1-12-9-15-18(30-12)19(25)23(7-8-26-2)20(22-15)29-11-17(24)21-14-10-13(27-3)5-6-16(14)28-4/h5-6,10,12H,7-9,11H2,1-4H3,(H,21,24)/t12-/m0/s1. The van der Waals surface area contributed by atoms with E-state index < -0.39 is 0 Å². The molecule has 3 rings (SSSR count). The van der Waals surface area contributed by atoms with Gasteiger partial charge in [0, 0.05) is 24.8 Å². The lowest BCUT2D eigenvalue weighted by Gasteiger charge is -2.14. The van der Waals surface area contributed by atoms with Gasteiger partial charge in [-0.1, -0.05) is 18.7 Å². The minimum atomic E-state index is -0.234. The maximum Gasteiger partial charge on any atom is 0.268 e. The second-order valence-corrected chi connectivity index (χ2v) is 9.05. The molecule has 0 spiro atoms. The minimum Gasteiger partial charge on any atom is -0.497 e. The monoisotopic (exact) mass is 451 g/mol. The van der Waals surface area contributed by atoms with E-state index in [1.54, 1.807) is 48.7 Å². The van der Waals surface area contributed by atoms with E-state index in [9.17, 15) is 9.59 Å². The Kier molecular flexibility index (Phi) is 7.68. The number of carbonyl (C=O) groups is 1. The zero-order valence-electron chi connectivity index (χ0n) is 17.4. The summed E-state index contributed by atoms with van der Waals surface area (Å²) in [7, 11) is 4.68. The molecule has 10 heteroatoms. The fourth-order valence-electron chi connectivity index (χ4n) is 3.05. The third kappa shape index (κ3) is 5.11. The van der Waals surface area contributed by atoms with Crippen LogP contribution in [0.2, 0.25) is 0 Å². The Balaban J connectivity index is 1.77. The van der Waals surface area contributed by atoms with Crippen LogP contribution in [0.3, 0.4) is 0 Å². The summed E-state index contributed by atoms with van der Waals surface area (Å²) in [6, 6.07) is 5.18. The van der Waals surface area contributed by atoms with Crippen molar-refractivity contribution < 1.29 is 19.0 Å². The molecule has 0 saturated carbocycles. The van der Waals surface area contributed by atoms with Crippen molar-refractivity contribution in [3.63, 3.8) is 0 Å². The highest BCUT2D eigenvalue weighted by molar-refractivity contribution is 8.00. The number of anilines is 1. The molecule has 1 aliphatic heterocycles. The lowest BCUT2D eigenvalue weighted by Crippen LogP contribution is -2.27. The molecular formula is C20H25N3O5S2. The van der Waals surface area contributed by atoms with Crippen LogP contribution < -0.4 is 20.3 Å². The highest BCUT2D eigenvalue weighted by atomic mass is 32.2. The van der Waals surface area contributed by atoms with E-state index in [2.05, 4.69) is 17.2 Å². The van der Waals surface area contributed by atoms with Crippen molar-refractivity contribution >= 4 is 35.1 Å². The Morgan fingerprint density at radius 2 is 2.13 bits per heavy atom. The molecule has 1 aromatic carbocycles. The molecule has 8 nitrogen and oxygen atoms in total. The molecule has 0 bridgehead atoms. The minimum absolute atomic E-state index is 0.0660. The number of fused-ring (bicyclic) bond motifs is 1. The van der Waals surface area contributed by atoms with Crippen LogP contribution in [-0.2, 0) is 22.5 Å². The first-order chi connectivity index (χ1) is 14.5. The van der Waals surface area contributed by atoms with Crippen molar-refractivity contribution in [3.8, 4) is 11.5 Å². The van der Waals surface area contributed by atoms with Crippen LogP contribution in [0.15, 0.2) is 33.0 Å². The number of nitrogens with one attached hydrogen (secondary N) is 1. The van der Waals surface area contributed by atoms with Gasteiger partial charge in [0.25, 0.3) is 5.56 Å². The number of rotatable bonds is 9. The molecule has 30 heavy (non-hydrogen) atoms. The van der Waals surface area contributed by atoms with Crippen molar-refractivity contribution in [2.45, 2.75) is 35.2 Å². The van der Waals surface area contributed by atoms with E-state index in [0.29, 0.717) is 45.6 Å². The molecule has 2 heterocycles. The Bertz CT molecular complexity index is 980. The number of hydrogen-bond donors (Lipinski definition) is 1. The van der Waals surface area contributed by atoms with Crippen LogP contribution >= 0.6 is 23.5 Å². The van der Waals surface area contributed by atoms with Crippen molar-refractivity contribution in [3.05, 3.63) is 34.2 Å². The molecule has 0 unspecified atom stereocenters. The summed E-state index contributed by atoms with van der Waals surface area (Å²) in [6.45, 7) is 2.85. The normalized spacial score (nSPS) is 15.0. The van der Waals surface area contributed by atoms with Gasteiger partial charge >= 0.3 is 0 Å². The molecule has 1 amide bonds. The fraction of sp³-hybridized carbons (Fsp3) is 0.450. The summed E-state index contributed by atoms with van der Waals surface area (Å²) in [5.41, 5.74) is 1.26. The number of hydrogen-bond acceptors (Lipinski definition) is 8. The van der Waals surface area contributed by atoms with E-state index in [4.69, 9.17) is 14.2 Å². The van der Waals surface area contributed by atoms with Crippen molar-refractivity contribution in [2.24, 2.45) is 0 Å². The average Bonchev–Trinajstić information content (AvgIpc) is 3.12. The fourth-order valence-corrected chi connectivity index (χ4v) is 5.01. The average molecular weight is 452 g/mol. The van der Waals surface area contributed by atoms with E-state index in [0.717, 1.165) is 12.1 Å². The summed E-state index contributed by atoms with van der Waals surface area (Å²) in [4.78, 5) is 30.9. The van der Waals surface area contributed by atoms with Gasteiger partial charge < -0.3 is 19.5 Å². The van der Waals surface area contributed by atoms with Gasteiger partial charge in [-0.3, -0.25) is 14.2 Å². The second-order valence-electron chi connectivity index (χ2n) is 6.66. The van der Waals surface area contributed by atoms with Crippen molar-refractivity contribution in [1.82, 2.24) is 9.55 Å². The summed E-state index contributed by atoms with van der Waals surface area (Å²) < 4.78 is 17.2. The summed E-state index contributed by atoms with van der Waals surface area (Å²) in [5, 5.41) is 3.68. The number of amides is 1. The molecule has 162 valence electrons. The number of benzene rings is 1.